The molecule has 2 atom stereocenters. The number of rotatable bonds is 44. The highest BCUT2D eigenvalue weighted by Crippen LogP contribution is 2.18. The predicted molar refractivity (Wildman–Crippen MR) is 294 cm³/mol. The highest BCUT2D eigenvalue weighted by molar-refractivity contribution is 7.99. The van der Waals surface area contributed by atoms with Crippen molar-refractivity contribution in [3.8, 4) is 0 Å². The summed E-state index contributed by atoms with van der Waals surface area (Å²) in [5.41, 5.74) is -0.395. The molecule has 0 aliphatic rings. The van der Waals surface area contributed by atoms with Gasteiger partial charge in [-0.3, -0.25) is 24.0 Å². The Bertz CT molecular complexity index is 1610. The summed E-state index contributed by atoms with van der Waals surface area (Å²) < 4.78 is 22.4. The number of thioether (sulfide) groups is 1. The van der Waals surface area contributed by atoms with Gasteiger partial charge in [-0.25, -0.2) is 4.79 Å². The van der Waals surface area contributed by atoms with Crippen molar-refractivity contribution in [2.75, 3.05) is 18.1 Å². The number of amides is 2. The van der Waals surface area contributed by atoms with Gasteiger partial charge in [-0.05, 0) is 78.5 Å². The Labute approximate surface area is 441 Å². The maximum atomic E-state index is 13.2. The average Bonchev–Trinajstić information content (AvgIpc) is 3.32. The molecule has 0 saturated heterocycles. The molecule has 0 saturated carbocycles. The van der Waals surface area contributed by atoms with Crippen LogP contribution >= 0.6 is 11.8 Å². The van der Waals surface area contributed by atoms with Gasteiger partial charge in [0, 0.05) is 49.3 Å². The van der Waals surface area contributed by atoms with Gasteiger partial charge >= 0.3 is 23.9 Å². The molecule has 1 unspecified atom stereocenters. The van der Waals surface area contributed by atoms with Crippen LogP contribution in [0.1, 0.15) is 270 Å². The van der Waals surface area contributed by atoms with Gasteiger partial charge in [0.2, 0.25) is 5.91 Å². The molecule has 12 nitrogen and oxygen atoms in total. The molecular formula is C59H102N2O10S. The number of benzene rings is 1. The third kappa shape index (κ3) is 39.9. The summed E-state index contributed by atoms with van der Waals surface area (Å²) in [6, 6.07) is 5.61. The molecular weight excluding hydrogens is 929 g/mol. The maximum Gasteiger partial charge on any atom is 0.329 e. The lowest BCUT2D eigenvalue weighted by molar-refractivity contribution is -0.158. The molecule has 0 fully saturated rings. The summed E-state index contributed by atoms with van der Waals surface area (Å²) in [6.07, 6.45) is 32.3. The van der Waals surface area contributed by atoms with Crippen molar-refractivity contribution in [2.24, 2.45) is 0 Å². The van der Waals surface area contributed by atoms with E-state index in [9.17, 15) is 28.8 Å². The monoisotopic (exact) mass is 1030 g/mol. The standard InChI is InChI=1S/C59H102N2O10S/c1-9-11-13-15-17-19-21-23-25-27-29-31-33-35-53(63)68-46-50(69-54(64)36-34-32-30-28-26-24-22-20-18-16-14-12-10-2)47-72-44-43-52(62)60-45-48-37-39-49(40-38-48)56(66)61-51(57(67)71-59(6,7)8)41-42-55(65)70-58(3,4)5/h37-40,50-51H,9-36,41-47H2,1-8H3,(H,60,62)(H,61,66)/t50?,51-/m0/s1. The summed E-state index contributed by atoms with van der Waals surface area (Å²) >= 11 is 1.48. The summed E-state index contributed by atoms with van der Waals surface area (Å²) in [5.74, 6) is -1.45. The largest absolute Gasteiger partial charge is 0.462 e. The zero-order chi connectivity index (χ0) is 53.3. The predicted octanol–water partition coefficient (Wildman–Crippen LogP) is 14.4. The number of hydrogen-bond donors (Lipinski definition) is 2. The van der Waals surface area contributed by atoms with Gasteiger partial charge in [0.05, 0.1) is 0 Å². The number of hydrogen-bond acceptors (Lipinski definition) is 11. The van der Waals surface area contributed by atoms with Crippen LogP contribution in [-0.4, -0.2) is 77.2 Å². The van der Waals surface area contributed by atoms with Gasteiger partial charge in [0.25, 0.3) is 5.91 Å². The van der Waals surface area contributed by atoms with E-state index in [0.29, 0.717) is 29.9 Å². The van der Waals surface area contributed by atoms with Crippen molar-refractivity contribution in [1.82, 2.24) is 10.6 Å². The molecule has 1 aromatic carbocycles. The third-order valence-electron chi connectivity index (χ3n) is 12.2. The Kier molecular flexibility index (Phi) is 38.5. The maximum absolute atomic E-state index is 13.2. The Balaban J connectivity index is 2.59. The number of carbonyl (C=O) groups excluding carboxylic acids is 6. The lowest BCUT2D eigenvalue weighted by atomic mass is 10.0. The lowest BCUT2D eigenvalue weighted by Gasteiger charge is -2.25. The van der Waals surface area contributed by atoms with E-state index in [1.54, 1.807) is 65.8 Å². The Morgan fingerprint density at radius 1 is 0.528 bits per heavy atom. The molecule has 0 aromatic heterocycles. The van der Waals surface area contributed by atoms with Crippen molar-refractivity contribution < 1.29 is 47.7 Å². The molecule has 0 spiro atoms. The van der Waals surface area contributed by atoms with Gasteiger partial charge in [-0.15, -0.1) is 0 Å². The third-order valence-corrected chi connectivity index (χ3v) is 13.3. The highest BCUT2D eigenvalue weighted by Gasteiger charge is 2.29. The second-order valence-electron chi connectivity index (χ2n) is 21.8. The summed E-state index contributed by atoms with van der Waals surface area (Å²) in [6.45, 7) is 15.2. The highest BCUT2D eigenvalue weighted by atomic mass is 32.2. The second-order valence-corrected chi connectivity index (χ2v) is 22.9. The van der Waals surface area contributed by atoms with Gasteiger partial charge in [-0.2, -0.15) is 11.8 Å². The molecule has 0 heterocycles. The van der Waals surface area contributed by atoms with Crippen molar-refractivity contribution in [1.29, 1.82) is 0 Å². The Morgan fingerprint density at radius 3 is 1.43 bits per heavy atom. The molecule has 0 bridgehead atoms. The van der Waals surface area contributed by atoms with Gasteiger partial charge in [0.1, 0.15) is 30.0 Å². The van der Waals surface area contributed by atoms with Crippen molar-refractivity contribution >= 4 is 47.5 Å². The minimum Gasteiger partial charge on any atom is -0.462 e. The molecule has 0 radical (unpaired) electrons. The first-order chi connectivity index (χ1) is 34.4. The summed E-state index contributed by atoms with van der Waals surface area (Å²) in [4.78, 5) is 77.1. The zero-order valence-corrected chi connectivity index (χ0v) is 47.5. The van der Waals surface area contributed by atoms with E-state index < -0.39 is 41.2 Å². The first-order valence-electron chi connectivity index (χ1n) is 28.5. The molecule has 414 valence electrons. The molecule has 1 aromatic rings. The smallest absolute Gasteiger partial charge is 0.329 e. The number of ether oxygens (including phenoxy) is 4. The fraction of sp³-hybridized carbons (Fsp3) is 0.797. The summed E-state index contributed by atoms with van der Waals surface area (Å²) in [7, 11) is 0. The van der Waals surface area contributed by atoms with Crippen LogP contribution in [-0.2, 0) is 49.5 Å². The molecule has 2 N–H and O–H groups in total. The fourth-order valence-corrected chi connectivity index (χ4v) is 9.08. The van der Waals surface area contributed by atoms with Crippen LogP contribution in [0.5, 0.6) is 0 Å². The van der Waals surface area contributed by atoms with Crippen LogP contribution in [0.15, 0.2) is 24.3 Å². The van der Waals surface area contributed by atoms with Gasteiger partial charge in [-0.1, -0.05) is 180 Å². The fourth-order valence-electron chi connectivity index (χ4n) is 8.15. The van der Waals surface area contributed by atoms with Crippen LogP contribution in [0.25, 0.3) is 0 Å². The van der Waals surface area contributed by atoms with Crippen LogP contribution < -0.4 is 10.6 Å². The van der Waals surface area contributed by atoms with Crippen molar-refractivity contribution in [2.45, 2.75) is 284 Å². The average molecular weight is 1030 g/mol. The van der Waals surface area contributed by atoms with Crippen LogP contribution in [0.3, 0.4) is 0 Å². The van der Waals surface area contributed by atoms with Crippen LogP contribution in [0, 0.1) is 0 Å². The Hall–Kier alpha value is -3.61. The first kappa shape index (κ1) is 66.4. The minimum atomic E-state index is -1.06. The molecule has 0 aliphatic heterocycles. The first-order valence-corrected chi connectivity index (χ1v) is 29.6. The van der Waals surface area contributed by atoms with E-state index in [2.05, 4.69) is 24.5 Å². The SMILES string of the molecule is CCCCCCCCCCCCCCCC(=O)OCC(CSCCC(=O)NCc1ccc(C(=O)N[C@@H](CCC(=O)OC(C)(C)C)C(=O)OC(C)(C)C)cc1)OC(=O)CCCCCCCCCCCCCCC. The second kappa shape index (κ2) is 41.7. The van der Waals surface area contributed by atoms with E-state index in [4.69, 9.17) is 18.9 Å². The normalized spacial score (nSPS) is 12.4. The van der Waals surface area contributed by atoms with Crippen molar-refractivity contribution in [3.63, 3.8) is 0 Å². The molecule has 1 rings (SSSR count). The van der Waals surface area contributed by atoms with E-state index in [1.165, 1.54) is 140 Å². The zero-order valence-electron chi connectivity index (χ0n) is 46.7. The van der Waals surface area contributed by atoms with Gasteiger partial charge < -0.3 is 29.6 Å². The van der Waals surface area contributed by atoms with E-state index in [1.807, 2.05) is 0 Å². The van der Waals surface area contributed by atoms with Crippen LogP contribution in [0.4, 0.5) is 0 Å². The summed E-state index contributed by atoms with van der Waals surface area (Å²) in [5, 5.41) is 5.63. The van der Waals surface area contributed by atoms with E-state index in [-0.39, 0.29) is 50.3 Å². The lowest BCUT2D eigenvalue weighted by Crippen LogP contribution is -2.44. The topological polar surface area (TPSA) is 163 Å². The minimum absolute atomic E-state index is 0.00256. The van der Waals surface area contributed by atoms with E-state index >= 15 is 0 Å². The van der Waals surface area contributed by atoms with Gasteiger partial charge in [0.15, 0.2) is 0 Å². The number of nitrogens with one attached hydrogen (secondary N) is 2. The molecule has 0 aliphatic carbocycles. The number of unbranched alkanes of at least 4 members (excludes halogenated alkanes) is 24. The van der Waals surface area contributed by atoms with E-state index in [0.717, 1.165) is 44.1 Å². The number of carbonyl (C=O) groups is 6. The number of esters is 4. The molecule has 2 amide bonds. The van der Waals surface area contributed by atoms with Crippen molar-refractivity contribution in [3.05, 3.63) is 35.4 Å². The Morgan fingerprint density at radius 2 is 0.972 bits per heavy atom. The molecule has 13 heteroatoms. The quantitative estimate of drug-likeness (QED) is 0.0363. The van der Waals surface area contributed by atoms with Crippen LogP contribution in [0.2, 0.25) is 0 Å². The molecule has 72 heavy (non-hydrogen) atoms.